The van der Waals surface area contributed by atoms with Crippen LogP contribution in [0.5, 0.6) is 0 Å². The van der Waals surface area contributed by atoms with E-state index in [-0.39, 0.29) is 0 Å². The van der Waals surface area contributed by atoms with Crippen molar-refractivity contribution in [2.45, 2.75) is 25.7 Å². The molecule has 2 rings (SSSR count). The van der Waals surface area contributed by atoms with Gasteiger partial charge in [-0.15, -0.1) is 0 Å². The average molecular weight is 175 g/mol. The van der Waals surface area contributed by atoms with Gasteiger partial charge in [-0.3, -0.25) is 0 Å². The summed E-state index contributed by atoms with van der Waals surface area (Å²) in [6.07, 6.45) is 5.03. The van der Waals surface area contributed by atoms with Crippen LogP contribution in [0, 0.1) is 0 Å². The predicted octanol–water partition coefficient (Wildman–Crippen LogP) is 2.16. The molecule has 1 heteroatoms. The zero-order chi connectivity index (χ0) is 8.93. The van der Waals surface area contributed by atoms with Crippen molar-refractivity contribution in [3.05, 3.63) is 35.4 Å². The van der Waals surface area contributed by atoms with Crippen molar-refractivity contribution in [2.75, 3.05) is 13.1 Å². The molecular weight excluding hydrogens is 158 g/mol. The van der Waals surface area contributed by atoms with Gasteiger partial charge in [0.2, 0.25) is 0 Å². The van der Waals surface area contributed by atoms with Crippen molar-refractivity contribution in [1.29, 1.82) is 0 Å². The summed E-state index contributed by atoms with van der Waals surface area (Å²) in [5.41, 5.74) is 3.12. The maximum absolute atomic E-state index is 3.46. The van der Waals surface area contributed by atoms with Crippen LogP contribution >= 0.6 is 0 Å². The molecule has 1 aromatic carbocycles. The van der Waals surface area contributed by atoms with E-state index in [9.17, 15) is 0 Å². The van der Waals surface area contributed by atoms with Gasteiger partial charge in [-0.1, -0.05) is 24.3 Å². The molecule has 0 amide bonds. The predicted molar refractivity (Wildman–Crippen MR) is 56.0 cm³/mol. The van der Waals surface area contributed by atoms with Crippen molar-refractivity contribution in [2.24, 2.45) is 0 Å². The highest BCUT2D eigenvalue weighted by Crippen LogP contribution is 2.13. The van der Waals surface area contributed by atoms with E-state index < -0.39 is 0 Å². The van der Waals surface area contributed by atoms with Gasteiger partial charge in [-0.2, -0.15) is 0 Å². The molecule has 0 saturated heterocycles. The van der Waals surface area contributed by atoms with Gasteiger partial charge in [0.15, 0.2) is 0 Å². The summed E-state index contributed by atoms with van der Waals surface area (Å²) in [6, 6.07) is 8.87. The normalized spacial score (nSPS) is 18.2. The molecule has 0 saturated carbocycles. The highest BCUT2D eigenvalue weighted by Gasteiger charge is 2.03. The number of hydrogen-bond acceptors (Lipinski definition) is 1. The molecule has 13 heavy (non-hydrogen) atoms. The Bertz CT molecular complexity index is 241. The fourth-order valence-electron chi connectivity index (χ4n) is 1.98. The first-order chi connectivity index (χ1) is 6.47. The highest BCUT2D eigenvalue weighted by molar-refractivity contribution is 5.27. The summed E-state index contributed by atoms with van der Waals surface area (Å²) >= 11 is 0. The highest BCUT2D eigenvalue weighted by atomic mass is 14.8. The van der Waals surface area contributed by atoms with Crippen LogP contribution in [0.3, 0.4) is 0 Å². The van der Waals surface area contributed by atoms with Crippen molar-refractivity contribution in [3.63, 3.8) is 0 Å². The first kappa shape index (κ1) is 8.76. The number of rotatable bonds is 0. The molecule has 1 heterocycles. The Labute approximate surface area is 80.2 Å². The van der Waals surface area contributed by atoms with Gasteiger partial charge in [0, 0.05) is 0 Å². The van der Waals surface area contributed by atoms with E-state index in [1.807, 2.05) is 0 Å². The van der Waals surface area contributed by atoms with Crippen LogP contribution in [-0.2, 0) is 12.8 Å². The zero-order valence-electron chi connectivity index (χ0n) is 8.05. The molecule has 1 aliphatic heterocycles. The number of benzene rings is 1. The Morgan fingerprint density at radius 2 is 1.38 bits per heavy atom. The van der Waals surface area contributed by atoms with Crippen LogP contribution in [0.1, 0.15) is 24.0 Å². The van der Waals surface area contributed by atoms with Gasteiger partial charge in [0.25, 0.3) is 0 Å². The SMILES string of the molecule is c1ccc2c(c1)CCCNCCC2. The molecule has 0 bridgehead atoms. The molecule has 1 aliphatic rings. The standard InChI is InChI=1S/C12H17N/c1-2-6-12-8-4-10-13-9-3-7-11(12)5-1/h1-2,5-6,13H,3-4,7-10H2. The lowest BCUT2D eigenvalue weighted by Crippen LogP contribution is -2.16. The topological polar surface area (TPSA) is 12.0 Å². The fourth-order valence-corrected chi connectivity index (χ4v) is 1.98. The molecule has 0 aromatic heterocycles. The minimum Gasteiger partial charge on any atom is -0.317 e. The first-order valence-electron chi connectivity index (χ1n) is 5.24. The third-order valence-electron chi connectivity index (χ3n) is 2.72. The summed E-state index contributed by atoms with van der Waals surface area (Å²) in [5.74, 6) is 0. The Hall–Kier alpha value is -0.820. The largest absolute Gasteiger partial charge is 0.317 e. The van der Waals surface area contributed by atoms with Crippen molar-refractivity contribution in [1.82, 2.24) is 5.32 Å². The fraction of sp³-hybridized carbons (Fsp3) is 0.500. The number of fused-ring (bicyclic) bond motifs is 1. The van der Waals surface area contributed by atoms with E-state index >= 15 is 0 Å². The molecule has 0 radical (unpaired) electrons. The quantitative estimate of drug-likeness (QED) is 0.637. The summed E-state index contributed by atoms with van der Waals surface area (Å²) in [4.78, 5) is 0. The van der Waals surface area contributed by atoms with Gasteiger partial charge < -0.3 is 5.32 Å². The minimum atomic E-state index is 1.17. The van der Waals surface area contributed by atoms with Gasteiger partial charge in [0.1, 0.15) is 0 Å². The van der Waals surface area contributed by atoms with Crippen molar-refractivity contribution in [3.8, 4) is 0 Å². The van der Waals surface area contributed by atoms with E-state index in [0.717, 1.165) is 0 Å². The summed E-state index contributed by atoms with van der Waals surface area (Å²) in [7, 11) is 0. The minimum absolute atomic E-state index is 1.17. The summed E-state index contributed by atoms with van der Waals surface area (Å²) < 4.78 is 0. The van der Waals surface area contributed by atoms with E-state index in [4.69, 9.17) is 0 Å². The third-order valence-corrected chi connectivity index (χ3v) is 2.72. The van der Waals surface area contributed by atoms with Crippen LogP contribution in [-0.4, -0.2) is 13.1 Å². The number of nitrogens with one attached hydrogen (secondary N) is 1. The maximum Gasteiger partial charge on any atom is -0.00457 e. The molecule has 70 valence electrons. The van der Waals surface area contributed by atoms with Crippen LogP contribution in [0.25, 0.3) is 0 Å². The monoisotopic (exact) mass is 175 g/mol. The van der Waals surface area contributed by atoms with Gasteiger partial charge in [-0.05, 0) is 49.9 Å². The molecule has 0 spiro atoms. The van der Waals surface area contributed by atoms with E-state index in [0.29, 0.717) is 0 Å². The molecule has 0 unspecified atom stereocenters. The second kappa shape index (κ2) is 4.43. The lowest BCUT2D eigenvalue weighted by molar-refractivity contribution is 0.637. The molecule has 0 atom stereocenters. The van der Waals surface area contributed by atoms with Crippen LogP contribution < -0.4 is 5.32 Å². The third kappa shape index (κ3) is 2.31. The Morgan fingerprint density at radius 3 is 1.92 bits per heavy atom. The maximum atomic E-state index is 3.46. The van der Waals surface area contributed by atoms with Crippen molar-refractivity contribution >= 4 is 0 Å². The first-order valence-corrected chi connectivity index (χ1v) is 5.24. The number of hydrogen-bond donors (Lipinski definition) is 1. The van der Waals surface area contributed by atoms with Gasteiger partial charge in [-0.25, -0.2) is 0 Å². The smallest absolute Gasteiger partial charge is 0.00457 e. The van der Waals surface area contributed by atoms with Crippen LogP contribution in [0.4, 0.5) is 0 Å². The Kier molecular flexibility index (Phi) is 2.98. The molecule has 1 N–H and O–H groups in total. The van der Waals surface area contributed by atoms with Crippen LogP contribution in [0.2, 0.25) is 0 Å². The lowest BCUT2D eigenvalue weighted by Gasteiger charge is -2.05. The molecule has 1 nitrogen and oxygen atoms in total. The van der Waals surface area contributed by atoms with E-state index in [1.165, 1.54) is 38.8 Å². The summed E-state index contributed by atoms with van der Waals surface area (Å²) in [5, 5.41) is 3.46. The van der Waals surface area contributed by atoms with E-state index in [2.05, 4.69) is 29.6 Å². The number of aryl methyl sites for hydroxylation is 2. The second-order valence-corrected chi connectivity index (χ2v) is 3.73. The van der Waals surface area contributed by atoms with Gasteiger partial charge in [0.05, 0.1) is 0 Å². The summed E-state index contributed by atoms with van der Waals surface area (Å²) in [6.45, 7) is 2.35. The van der Waals surface area contributed by atoms with E-state index in [1.54, 1.807) is 11.1 Å². The molecule has 0 fully saturated rings. The lowest BCUT2D eigenvalue weighted by atomic mass is 10.00. The molecular formula is C12H17N. The Balaban J connectivity index is 2.17. The zero-order valence-corrected chi connectivity index (χ0v) is 8.05. The second-order valence-electron chi connectivity index (χ2n) is 3.73. The van der Waals surface area contributed by atoms with Crippen LogP contribution in [0.15, 0.2) is 24.3 Å². The Morgan fingerprint density at radius 1 is 0.846 bits per heavy atom. The van der Waals surface area contributed by atoms with Crippen molar-refractivity contribution < 1.29 is 0 Å². The average Bonchev–Trinajstić information content (AvgIpc) is 2.28. The van der Waals surface area contributed by atoms with Gasteiger partial charge >= 0.3 is 0 Å². The molecule has 1 aromatic rings. The molecule has 0 aliphatic carbocycles.